The first-order chi connectivity index (χ1) is 10.7. The van der Waals surface area contributed by atoms with Gasteiger partial charge in [-0.05, 0) is 25.8 Å². The van der Waals surface area contributed by atoms with Crippen molar-refractivity contribution in [3.05, 3.63) is 47.3 Å². The molecule has 1 fully saturated rings. The molecule has 22 heavy (non-hydrogen) atoms. The molecular formula is C17H24N4O. The van der Waals surface area contributed by atoms with E-state index in [4.69, 9.17) is 0 Å². The van der Waals surface area contributed by atoms with E-state index in [1.54, 1.807) is 0 Å². The highest BCUT2D eigenvalue weighted by molar-refractivity contribution is 5.16. The third kappa shape index (κ3) is 3.20. The Hall–Kier alpha value is -1.72. The lowest BCUT2D eigenvalue weighted by Gasteiger charge is -2.16. The van der Waals surface area contributed by atoms with Crippen molar-refractivity contribution in [2.45, 2.75) is 39.5 Å². The minimum Gasteiger partial charge on any atom is -0.391 e. The predicted octanol–water partition coefficient (Wildman–Crippen LogP) is 1.64. The summed E-state index contributed by atoms with van der Waals surface area (Å²) in [7, 11) is 0. The van der Waals surface area contributed by atoms with Crippen LogP contribution in [0.2, 0.25) is 0 Å². The molecule has 1 aromatic carbocycles. The summed E-state index contributed by atoms with van der Waals surface area (Å²) in [6, 6.07) is 10.4. The molecule has 118 valence electrons. The Labute approximate surface area is 131 Å². The number of likely N-dealkylation sites (tertiary alicyclic amines) is 1. The van der Waals surface area contributed by atoms with Crippen molar-refractivity contribution < 1.29 is 5.11 Å². The average Bonchev–Trinajstić information content (AvgIpc) is 3.04. The summed E-state index contributed by atoms with van der Waals surface area (Å²) in [6.45, 7) is 7.38. The molecule has 3 rings (SSSR count). The summed E-state index contributed by atoms with van der Waals surface area (Å²) in [5, 5.41) is 18.7. The van der Waals surface area contributed by atoms with Crippen LogP contribution >= 0.6 is 0 Å². The van der Waals surface area contributed by atoms with Crippen LogP contribution in [-0.2, 0) is 19.5 Å². The van der Waals surface area contributed by atoms with E-state index in [1.807, 2.05) is 17.7 Å². The maximum absolute atomic E-state index is 10.4. The Morgan fingerprint density at radius 1 is 1.23 bits per heavy atom. The number of aromatic nitrogens is 3. The molecule has 2 aromatic rings. The van der Waals surface area contributed by atoms with Gasteiger partial charge in [0.05, 0.1) is 17.5 Å². The number of benzene rings is 1. The second-order valence-corrected chi connectivity index (χ2v) is 6.15. The lowest BCUT2D eigenvalue weighted by atomic mass is 9.97. The number of rotatable bonds is 5. The van der Waals surface area contributed by atoms with Gasteiger partial charge < -0.3 is 5.11 Å². The Morgan fingerprint density at radius 3 is 2.73 bits per heavy atom. The van der Waals surface area contributed by atoms with Crippen LogP contribution < -0.4 is 0 Å². The van der Waals surface area contributed by atoms with Gasteiger partial charge in [-0.3, -0.25) is 4.90 Å². The molecular weight excluding hydrogens is 276 g/mol. The van der Waals surface area contributed by atoms with Crippen LogP contribution in [0.25, 0.3) is 0 Å². The van der Waals surface area contributed by atoms with Crippen LogP contribution in [0.3, 0.4) is 0 Å². The van der Waals surface area contributed by atoms with Gasteiger partial charge in [0.2, 0.25) is 0 Å². The fraction of sp³-hybridized carbons (Fsp3) is 0.529. The molecule has 0 saturated carbocycles. The second-order valence-electron chi connectivity index (χ2n) is 6.15. The molecule has 1 aliphatic heterocycles. The normalized spacial score (nSPS) is 22.3. The zero-order valence-electron chi connectivity index (χ0n) is 13.3. The van der Waals surface area contributed by atoms with Gasteiger partial charge >= 0.3 is 0 Å². The molecule has 0 amide bonds. The van der Waals surface area contributed by atoms with Gasteiger partial charge in [0.25, 0.3) is 0 Å². The SMILES string of the molecule is CCn1nnc(C)c1CN1C[C@@H](Cc2ccccc2)[C@H](O)C1. The van der Waals surface area contributed by atoms with Crippen LogP contribution in [0.5, 0.6) is 0 Å². The molecule has 2 heterocycles. The van der Waals surface area contributed by atoms with E-state index in [1.165, 1.54) is 5.56 Å². The molecule has 0 spiro atoms. The van der Waals surface area contributed by atoms with Crippen molar-refractivity contribution in [3.63, 3.8) is 0 Å². The first-order valence-corrected chi connectivity index (χ1v) is 8.00. The molecule has 5 heteroatoms. The Kier molecular flexibility index (Phi) is 4.55. The summed E-state index contributed by atoms with van der Waals surface area (Å²) in [6.07, 6.45) is 0.675. The smallest absolute Gasteiger partial charge is 0.0841 e. The van der Waals surface area contributed by atoms with Crippen LogP contribution in [0, 0.1) is 12.8 Å². The van der Waals surface area contributed by atoms with E-state index < -0.39 is 0 Å². The van der Waals surface area contributed by atoms with Crippen molar-refractivity contribution in [1.82, 2.24) is 19.9 Å². The molecule has 0 aliphatic carbocycles. The number of β-amino-alcohol motifs (C(OH)–C–C–N with tert-alkyl or cyclic N) is 1. The predicted molar refractivity (Wildman–Crippen MR) is 85.4 cm³/mol. The lowest BCUT2D eigenvalue weighted by Crippen LogP contribution is -2.23. The largest absolute Gasteiger partial charge is 0.391 e. The van der Waals surface area contributed by atoms with Gasteiger partial charge in [0.1, 0.15) is 0 Å². The fourth-order valence-electron chi connectivity index (χ4n) is 3.27. The summed E-state index contributed by atoms with van der Waals surface area (Å²) in [5.41, 5.74) is 3.45. The van der Waals surface area contributed by atoms with Gasteiger partial charge in [-0.15, -0.1) is 5.10 Å². The first-order valence-electron chi connectivity index (χ1n) is 8.00. The maximum atomic E-state index is 10.4. The number of aliphatic hydroxyl groups excluding tert-OH is 1. The molecule has 1 saturated heterocycles. The van der Waals surface area contributed by atoms with Gasteiger partial charge in [0, 0.05) is 32.1 Å². The van der Waals surface area contributed by atoms with Gasteiger partial charge in [-0.25, -0.2) is 4.68 Å². The van der Waals surface area contributed by atoms with Gasteiger partial charge in [0.15, 0.2) is 0 Å². The summed E-state index contributed by atoms with van der Waals surface area (Å²) < 4.78 is 1.95. The molecule has 0 unspecified atom stereocenters. The van der Waals surface area contributed by atoms with Crippen molar-refractivity contribution in [2.75, 3.05) is 13.1 Å². The van der Waals surface area contributed by atoms with Gasteiger partial charge in [-0.1, -0.05) is 35.5 Å². The quantitative estimate of drug-likeness (QED) is 0.912. The first kappa shape index (κ1) is 15.2. The summed E-state index contributed by atoms with van der Waals surface area (Å²) in [4.78, 5) is 2.32. The topological polar surface area (TPSA) is 54.2 Å². The molecule has 1 aromatic heterocycles. The van der Waals surface area contributed by atoms with E-state index in [2.05, 4.69) is 46.4 Å². The zero-order chi connectivity index (χ0) is 15.5. The zero-order valence-corrected chi connectivity index (χ0v) is 13.3. The van der Waals surface area contributed by atoms with Crippen molar-refractivity contribution in [3.8, 4) is 0 Å². The van der Waals surface area contributed by atoms with Gasteiger partial charge in [-0.2, -0.15) is 0 Å². The summed E-state index contributed by atoms with van der Waals surface area (Å²) in [5.74, 6) is 0.300. The average molecular weight is 300 g/mol. The van der Waals surface area contributed by atoms with E-state index in [0.29, 0.717) is 5.92 Å². The highest BCUT2D eigenvalue weighted by atomic mass is 16.3. The maximum Gasteiger partial charge on any atom is 0.0841 e. The molecule has 1 N–H and O–H groups in total. The Balaban J connectivity index is 1.64. The third-order valence-electron chi connectivity index (χ3n) is 4.53. The van der Waals surface area contributed by atoms with Crippen molar-refractivity contribution in [1.29, 1.82) is 0 Å². The van der Waals surface area contributed by atoms with Crippen molar-refractivity contribution in [2.24, 2.45) is 5.92 Å². The minimum atomic E-state index is -0.258. The van der Waals surface area contributed by atoms with E-state index in [-0.39, 0.29) is 6.10 Å². The monoisotopic (exact) mass is 300 g/mol. The fourth-order valence-corrected chi connectivity index (χ4v) is 3.27. The second kappa shape index (κ2) is 6.58. The molecule has 2 atom stereocenters. The Morgan fingerprint density at radius 2 is 2.00 bits per heavy atom. The Bertz CT molecular complexity index is 610. The summed E-state index contributed by atoms with van der Waals surface area (Å²) >= 11 is 0. The lowest BCUT2D eigenvalue weighted by molar-refractivity contribution is 0.140. The molecule has 1 aliphatic rings. The number of aryl methyl sites for hydroxylation is 2. The number of nitrogens with zero attached hydrogens (tertiary/aromatic N) is 4. The van der Waals surface area contributed by atoms with E-state index >= 15 is 0 Å². The highest BCUT2D eigenvalue weighted by Gasteiger charge is 2.32. The van der Waals surface area contributed by atoms with Crippen LogP contribution in [0.1, 0.15) is 23.9 Å². The number of hydrogen-bond donors (Lipinski definition) is 1. The number of aliphatic hydroxyl groups is 1. The van der Waals surface area contributed by atoms with E-state index in [0.717, 1.165) is 44.0 Å². The van der Waals surface area contributed by atoms with Crippen LogP contribution in [0.15, 0.2) is 30.3 Å². The highest BCUT2D eigenvalue weighted by Crippen LogP contribution is 2.23. The molecule has 0 bridgehead atoms. The number of hydrogen-bond acceptors (Lipinski definition) is 4. The molecule has 5 nitrogen and oxygen atoms in total. The van der Waals surface area contributed by atoms with E-state index in [9.17, 15) is 5.11 Å². The molecule has 0 radical (unpaired) electrons. The minimum absolute atomic E-state index is 0.258. The standard InChI is InChI=1S/C17H24N4O/c1-3-21-16(13(2)18-19-21)11-20-10-15(17(22)12-20)9-14-7-5-4-6-8-14/h4-8,15,17,22H,3,9-12H2,1-2H3/t15-,17-/m1/s1. The van der Waals surface area contributed by atoms with Crippen LogP contribution in [-0.4, -0.2) is 44.2 Å². The third-order valence-corrected chi connectivity index (χ3v) is 4.53. The van der Waals surface area contributed by atoms with Crippen molar-refractivity contribution >= 4 is 0 Å². The van der Waals surface area contributed by atoms with Crippen LogP contribution in [0.4, 0.5) is 0 Å².